The normalized spacial score (nSPS) is 12.7. The van der Waals surface area contributed by atoms with E-state index in [1.165, 1.54) is 5.56 Å². The lowest BCUT2D eigenvalue weighted by Gasteiger charge is -2.18. The fourth-order valence-electron chi connectivity index (χ4n) is 2.49. The summed E-state index contributed by atoms with van der Waals surface area (Å²) in [6.07, 6.45) is 3.79. The fourth-order valence-corrected chi connectivity index (χ4v) is 2.49. The molecule has 2 heterocycles. The predicted molar refractivity (Wildman–Crippen MR) is 80.8 cm³/mol. The van der Waals surface area contributed by atoms with Gasteiger partial charge in [-0.15, -0.1) is 0 Å². The lowest BCUT2D eigenvalue weighted by molar-refractivity contribution is 0.450. The van der Waals surface area contributed by atoms with Crippen molar-refractivity contribution < 1.29 is 0 Å². The van der Waals surface area contributed by atoms with Crippen molar-refractivity contribution in [1.29, 1.82) is 0 Å². The van der Waals surface area contributed by atoms with Gasteiger partial charge in [0.1, 0.15) is 5.82 Å². The summed E-state index contributed by atoms with van der Waals surface area (Å²) in [4.78, 5) is 2.11. The highest BCUT2D eigenvalue weighted by molar-refractivity contribution is 5.48. The Morgan fingerprint density at radius 3 is 2.75 bits per heavy atom. The molecule has 0 fully saturated rings. The number of nitrogens with one attached hydrogen (secondary N) is 1. The first-order valence-electron chi connectivity index (χ1n) is 6.89. The first-order valence-corrected chi connectivity index (χ1v) is 6.89. The van der Waals surface area contributed by atoms with Crippen LogP contribution in [0.15, 0.2) is 18.5 Å². The van der Waals surface area contributed by atoms with Crippen LogP contribution >= 0.6 is 0 Å². The molecule has 0 saturated heterocycles. The number of nitrogens with zero attached hydrogens (tertiary/aromatic N) is 5. The topological polar surface area (TPSA) is 50.9 Å². The molecular formula is C14H24N6. The lowest BCUT2D eigenvalue weighted by Crippen LogP contribution is -2.30. The van der Waals surface area contributed by atoms with E-state index in [1.54, 1.807) is 0 Å². The first-order chi connectivity index (χ1) is 9.49. The highest BCUT2D eigenvalue weighted by Crippen LogP contribution is 2.21. The second kappa shape index (κ2) is 6.09. The highest BCUT2D eigenvalue weighted by atomic mass is 15.4. The van der Waals surface area contributed by atoms with Crippen molar-refractivity contribution in [3.8, 4) is 0 Å². The van der Waals surface area contributed by atoms with Gasteiger partial charge in [0, 0.05) is 51.7 Å². The summed E-state index contributed by atoms with van der Waals surface area (Å²) >= 11 is 0. The van der Waals surface area contributed by atoms with E-state index >= 15 is 0 Å². The third-order valence-corrected chi connectivity index (χ3v) is 3.38. The summed E-state index contributed by atoms with van der Waals surface area (Å²) in [7, 11) is 6.08. The van der Waals surface area contributed by atoms with E-state index in [0.29, 0.717) is 6.04 Å². The summed E-state index contributed by atoms with van der Waals surface area (Å²) in [6.45, 7) is 5.91. The summed E-state index contributed by atoms with van der Waals surface area (Å²) in [5.41, 5.74) is 2.33. The largest absolute Gasteiger partial charge is 0.363 e. The summed E-state index contributed by atoms with van der Waals surface area (Å²) < 4.78 is 3.88. The second-order valence-corrected chi connectivity index (χ2v) is 5.42. The van der Waals surface area contributed by atoms with Gasteiger partial charge in [0.2, 0.25) is 0 Å². The molecule has 110 valence electrons. The van der Waals surface area contributed by atoms with Crippen molar-refractivity contribution in [2.45, 2.75) is 33.0 Å². The number of rotatable bonds is 6. The van der Waals surface area contributed by atoms with Crippen LogP contribution in [0, 0.1) is 6.92 Å². The maximum atomic E-state index is 4.50. The van der Waals surface area contributed by atoms with Gasteiger partial charge in [0.25, 0.3) is 0 Å². The van der Waals surface area contributed by atoms with Crippen LogP contribution in [-0.2, 0) is 20.1 Å². The van der Waals surface area contributed by atoms with Gasteiger partial charge in [-0.05, 0) is 19.9 Å². The molecule has 0 spiro atoms. The van der Waals surface area contributed by atoms with Crippen LogP contribution in [0.3, 0.4) is 0 Å². The zero-order valence-corrected chi connectivity index (χ0v) is 13.0. The van der Waals surface area contributed by atoms with E-state index in [9.17, 15) is 0 Å². The molecule has 0 aliphatic rings. The molecule has 20 heavy (non-hydrogen) atoms. The predicted octanol–water partition coefficient (Wildman–Crippen LogP) is 1.17. The standard InChI is InChI=1S/C14H24N6/c1-11(10-20-8-6-7-16-20)15-9-13-12(2)17-19(5)14(13)18(3)4/h6-8,11,15H,9-10H2,1-5H3/t11-/m0/s1. The molecule has 1 atom stereocenters. The van der Waals surface area contributed by atoms with Gasteiger partial charge in [-0.3, -0.25) is 9.36 Å². The lowest BCUT2D eigenvalue weighted by atomic mass is 10.2. The highest BCUT2D eigenvalue weighted by Gasteiger charge is 2.15. The van der Waals surface area contributed by atoms with Gasteiger partial charge >= 0.3 is 0 Å². The Hall–Kier alpha value is -1.82. The minimum absolute atomic E-state index is 0.351. The van der Waals surface area contributed by atoms with Gasteiger partial charge in [-0.1, -0.05) is 0 Å². The average Bonchev–Trinajstić information content (AvgIpc) is 2.94. The molecule has 0 aliphatic carbocycles. The minimum atomic E-state index is 0.351. The molecule has 0 saturated carbocycles. The Bertz CT molecular complexity index is 540. The van der Waals surface area contributed by atoms with Crippen LogP contribution in [0.1, 0.15) is 18.2 Å². The summed E-state index contributed by atoms with van der Waals surface area (Å²) in [5.74, 6) is 1.15. The molecule has 0 bridgehead atoms. The van der Waals surface area contributed by atoms with Gasteiger partial charge in [-0.2, -0.15) is 10.2 Å². The average molecular weight is 276 g/mol. The minimum Gasteiger partial charge on any atom is -0.363 e. The zero-order chi connectivity index (χ0) is 14.7. The van der Waals surface area contributed by atoms with Gasteiger partial charge in [0.05, 0.1) is 12.2 Å². The Morgan fingerprint density at radius 2 is 2.15 bits per heavy atom. The molecule has 2 aromatic heterocycles. The Labute approximate surface area is 120 Å². The van der Waals surface area contributed by atoms with Crippen molar-refractivity contribution in [2.24, 2.45) is 7.05 Å². The van der Waals surface area contributed by atoms with E-state index in [-0.39, 0.29) is 0 Å². The number of anilines is 1. The molecule has 1 N–H and O–H groups in total. The first kappa shape index (κ1) is 14.6. The van der Waals surface area contributed by atoms with Crippen LogP contribution in [0.2, 0.25) is 0 Å². The van der Waals surface area contributed by atoms with Crippen LogP contribution in [0.25, 0.3) is 0 Å². The molecule has 2 aromatic rings. The number of aryl methyl sites for hydroxylation is 2. The van der Waals surface area contributed by atoms with E-state index in [0.717, 1.165) is 24.6 Å². The smallest absolute Gasteiger partial charge is 0.130 e. The van der Waals surface area contributed by atoms with Crippen molar-refractivity contribution in [3.63, 3.8) is 0 Å². The molecule has 6 heteroatoms. The monoisotopic (exact) mass is 276 g/mol. The summed E-state index contributed by atoms with van der Waals surface area (Å²) in [5, 5.41) is 12.3. The van der Waals surface area contributed by atoms with E-state index in [1.807, 2.05) is 49.0 Å². The van der Waals surface area contributed by atoms with Gasteiger partial charge in [0.15, 0.2) is 0 Å². The van der Waals surface area contributed by atoms with Crippen LogP contribution < -0.4 is 10.2 Å². The SMILES string of the molecule is Cc1nn(C)c(N(C)C)c1CN[C@@H](C)Cn1cccn1. The van der Waals surface area contributed by atoms with E-state index in [2.05, 4.69) is 34.3 Å². The van der Waals surface area contributed by atoms with E-state index < -0.39 is 0 Å². The molecule has 0 radical (unpaired) electrons. The second-order valence-electron chi connectivity index (χ2n) is 5.42. The fraction of sp³-hybridized carbons (Fsp3) is 0.571. The Morgan fingerprint density at radius 1 is 1.40 bits per heavy atom. The molecular weight excluding hydrogens is 252 g/mol. The number of aromatic nitrogens is 4. The zero-order valence-electron chi connectivity index (χ0n) is 13.0. The Balaban J connectivity index is 2.00. The molecule has 0 aliphatic heterocycles. The molecule has 0 amide bonds. The van der Waals surface area contributed by atoms with Crippen LogP contribution in [-0.4, -0.2) is 39.7 Å². The van der Waals surface area contributed by atoms with Crippen molar-refractivity contribution >= 4 is 5.82 Å². The van der Waals surface area contributed by atoms with Crippen LogP contribution in [0.5, 0.6) is 0 Å². The van der Waals surface area contributed by atoms with Crippen molar-refractivity contribution in [2.75, 3.05) is 19.0 Å². The van der Waals surface area contributed by atoms with E-state index in [4.69, 9.17) is 0 Å². The van der Waals surface area contributed by atoms with Crippen molar-refractivity contribution in [1.82, 2.24) is 24.9 Å². The quantitative estimate of drug-likeness (QED) is 0.860. The molecule has 6 nitrogen and oxygen atoms in total. The molecule has 0 aromatic carbocycles. The number of hydrogen-bond acceptors (Lipinski definition) is 4. The third kappa shape index (κ3) is 3.19. The maximum Gasteiger partial charge on any atom is 0.130 e. The maximum absolute atomic E-state index is 4.50. The van der Waals surface area contributed by atoms with Crippen LogP contribution in [0.4, 0.5) is 5.82 Å². The number of hydrogen-bond donors (Lipinski definition) is 1. The Kier molecular flexibility index (Phi) is 4.44. The van der Waals surface area contributed by atoms with Gasteiger partial charge in [-0.25, -0.2) is 0 Å². The summed E-state index contributed by atoms with van der Waals surface area (Å²) in [6, 6.07) is 2.30. The molecule has 2 rings (SSSR count). The van der Waals surface area contributed by atoms with Gasteiger partial charge < -0.3 is 10.2 Å². The molecule has 0 unspecified atom stereocenters. The van der Waals surface area contributed by atoms with Crippen molar-refractivity contribution in [3.05, 3.63) is 29.7 Å². The third-order valence-electron chi connectivity index (χ3n) is 3.38.